The van der Waals surface area contributed by atoms with Gasteiger partial charge in [-0.2, -0.15) is 13.2 Å². The van der Waals surface area contributed by atoms with Crippen LogP contribution in [0.2, 0.25) is 0 Å². The van der Waals surface area contributed by atoms with Gasteiger partial charge in [0.2, 0.25) is 0 Å². The minimum atomic E-state index is -4.38. The van der Waals surface area contributed by atoms with Crippen molar-refractivity contribution in [3.8, 4) is 11.1 Å². The van der Waals surface area contributed by atoms with Crippen molar-refractivity contribution in [2.24, 2.45) is 17.8 Å². The lowest BCUT2D eigenvalue weighted by Gasteiger charge is -2.40. The molecule has 0 N–H and O–H groups in total. The molecule has 0 unspecified atom stereocenters. The zero-order valence-electron chi connectivity index (χ0n) is 18.4. The van der Waals surface area contributed by atoms with Gasteiger partial charge in [0.1, 0.15) is 6.10 Å². The molecule has 0 spiro atoms. The summed E-state index contributed by atoms with van der Waals surface area (Å²) in [6.45, 7) is 1.95. The van der Waals surface area contributed by atoms with Gasteiger partial charge in [-0.05, 0) is 73.4 Å². The average molecular weight is 454 g/mol. The standard InChI is InChI=1S/C27H26F3NO2/c1-16-25-23(22-8-3-2-5-18(22)14-24(25)26(32)33-16)12-11-21-10-9-19(15-31-21)17-6-4-7-20(13-17)27(28,29)30/h4,6-7,9-13,15-16,18,22-23H,2-3,5,8,14H2,1H3/b12-11+/t16-,18+,22-,23+/m1/s1. The molecule has 1 saturated carbocycles. The highest BCUT2D eigenvalue weighted by Crippen LogP contribution is 2.50. The number of cyclic esters (lactones) is 1. The molecule has 1 aromatic heterocycles. The first-order valence-corrected chi connectivity index (χ1v) is 11.6. The van der Waals surface area contributed by atoms with E-state index in [0.29, 0.717) is 23.0 Å². The Morgan fingerprint density at radius 1 is 1.09 bits per heavy atom. The third-order valence-corrected chi connectivity index (χ3v) is 7.36. The number of hydrogen-bond donors (Lipinski definition) is 0. The lowest BCUT2D eigenvalue weighted by Crippen LogP contribution is -2.33. The van der Waals surface area contributed by atoms with E-state index >= 15 is 0 Å². The highest BCUT2D eigenvalue weighted by atomic mass is 19.4. The average Bonchev–Trinajstić information content (AvgIpc) is 3.09. The zero-order chi connectivity index (χ0) is 23.2. The van der Waals surface area contributed by atoms with Crippen LogP contribution in [0.25, 0.3) is 17.2 Å². The number of carbonyl (C=O) groups excluding carboxylic acids is 1. The molecule has 1 aliphatic heterocycles. The second kappa shape index (κ2) is 8.47. The number of rotatable bonds is 3. The van der Waals surface area contributed by atoms with Crippen molar-refractivity contribution in [2.75, 3.05) is 0 Å². The van der Waals surface area contributed by atoms with Crippen LogP contribution in [0.15, 0.2) is 59.8 Å². The molecule has 172 valence electrons. The Labute approximate surface area is 191 Å². The monoisotopic (exact) mass is 453 g/mol. The van der Waals surface area contributed by atoms with E-state index in [1.54, 1.807) is 18.3 Å². The van der Waals surface area contributed by atoms with Crippen molar-refractivity contribution in [1.82, 2.24) is 4.98 Å². The summed E-state index contributed by atoms with van der Waals surface area (Å²) in [5, 5.41) is 0. The van der Waals surface area contributed by atoms with Crippen LogP contribution in [0.4, 0.5) is 13.2 Å². The topological polar surface area (TPSA) is 39.2 Å². The SMILES string of the molecule is C[C@H]1OC(=O)C2=C1[C@@H](/C=C/c1ccc(-c3cccc(C(F)(F)F)c3)cn1)[C@@H]1CCCC[C@H]1C2. The second-order valence-electron chi connectivity index (χ2n) is 9.33. The normalized spacial score (nSPS) is 27.5. The zero-order valence-corrected chi connectivity index (χ0v) is 18.4. The number of ether oxygens (including phenoxy) is 1. The second-order valence-corrected chi connectivity index (χ2v) is 9.33. The maximum absolute atomic E-state index is 13.0. The molecule has 1 fully saturated rings. The molecule has 2 heterocycles. The van der Waals surface area contributed by atoms with Gasteiger partial charge in [0.15, 0.2) is 0 Å². The molecule has 0 saturated heterocycles. The molecule has 2 aliphatic carbocycles. The summed E-state index contributed by atoms with van der Waals surface area (Å²) in [4.78, 5) is 16.9. The number of benzene rings is 1. The van der Waals surface area contributed by atoms with Crippen LogP contribution in [0.1, 0.15) is 50.3 Å². The van der Waals surface area contributed by atoms with Gasteiger partial charge in [0.05, 0.1) is 11.3 Å². The fraction of sp³-hybridized carbons (Fsp3) is 0.407. The Morgan fingerprint density at radius 3 is 2.67 bits per heavy atom. The van der Waals surface area contributed by atoms with Gasteiger partial charge in [-0.1, -0.05) is 37.1 Å². The number of fused-ring (bicyclic) bond motifs is 1. The summed E-state index contributed by atoms with van der Waals surface area (Å²) in [5.41, 5.74) is 3.18. The van der Waals surface area contributed by atoms with Crippen molar-refractivity contribution in [3.05, 3.63) is 71.1 Å². The molecular formula is C27H26F3NO2. The Balaban J connectivity index is 1.40. The molecule has 0 amide bonds. The van der Waals surface area contributed by atoms with E-state index in [2.05, 4.69) is 11.1 Å². The van der Waals surface area contributed by atoms with Crippen LogP contribution in [0.5, 0.6) is 0 Å². The van der Waals surface area contributed by atoms with Crippen LogP contribution in [-0.2, 0) is 15.7 Å². The van der Waals surface area contributed by atoms with Gasteiger partial charge in [-0.25, -0.2) is 4.79 Å². The van der Waals surface area contributed by atoms with E-state index in [-0.39, 0.29) is 18.0 Å². The van der Waals surface area contributed by atoms with E-state index in [0.717, 1.165) is 48.2 Å². The summed E-state index contributed by atoms with van der Waals surface area (Å²) in [6.07, 6.45) is 6.72. The molecule has 5 rings (SSSR count). The molecule has 2 aromatic rings. The van der Waals surface area contributed by atoms with E-state index in [9.17, 15) is 18.0 Å². The fourth-order valence-corrected chi connectivity index (χ4v) is 5.79. The van der Waals surface area contributed by atoms with Crippen LogP contribution < -0.4 is 0 Å². The fourth-order valence-electron chi connectivity index (χ4n) is 5.79. The van der Waals surface area contributed by atoms with Gasteiger partial charge < -0.3 is 4.74 Å². The van der Waals surface area contributed by atoms with Crippen molar-refractivity contribution >= 4 is 12.0 Å². The number of alkyl halides is 3. The van der Waals surface area contributed by atoms with Crippen molar-refractivity contribution in [1.29, 1.82) is 0 Å². The molecule has 3 aliphatic rings. The lowest BCUT2D eigenvalue weighted by atomic mass is 9.63. The summed E-state index contributed by atoms with van der Waals surface area (Å²) in [7, 11) is 0. The maximum atomic E-state index is 13.0. The van der Waals surface area contributed by atoms with Crippen molar-refractivity contribution in [2.45, 2.75) is 51.3 Å². The highest BCUT2D eigenvalue weighted by Gasteiger charge is 2.45. The van der Waals surface area contributed by atoms with Gasteiger partial charge in [-0.15, -0.1) is 0 Å². The number of allylic oxidation sites excluding steroid dienone is 1. The van der Waals surface area contributed by atoms with E-state index in [1.165, 1.54) is 18.9 Å². The molecule has 0 bridgehead atoms. The predicted octanol–water partition coefficient (Wildman–Crippen LogP) is 6.85. The number of nitrogens with zero attached hydrogens (tertiary/aromatic N) is 1. The highest BCUT2D eigenvalue weighted by molar-refractivity contribution is 5.93. The quantitative estimate of drug-likeness (QED) is 0.477. The van der Waals surface area contributed by atoms with Crippen LogP contribution in [0.3, 0.4) is 0 Å². The van der Waals surface area contributed by atoms with Gasteiger partial charge in [0.25, 0.3) is 0 Å². The minimum Gasteiger partial charge on any atom is -0.455 e. The Morgan fingerprint density at radius 2 is 1.91 bits per heavy atom. The summed E-state index contributed by atoms with van der Waals surface area (Å²) >= 11 is 0. The Kier molecular flexibility index (Phi) is 5.63. The van der Waals surface area contributed by atoms with Crippen LogP contribution in [0, 0.1) is 17.8 Å². The maximum Gasteiger partial charge on any atom is 0.416 e. The van der Waals surface area contributed by atoms with E-state index in [1.807, 2.05) is 19.1 Å². The summed E-state index contributed by atoms with van der Waals surface area (Å²) in [6, 6.07) is 8.89. The minimum absolute atomic E-state index is 0.158. The first-order valence-electron chi connectivity index (χ1n) is 11.6. The van der Waals surface area contributed by atoms with Gasteiger partial charge >= 0.3 is 12.1 Å². The van der Waals surface area contributed by atoms with E-state index < -0.39 is 11.7 Å². The number of carbonyl (C=O) groups is 1. The van der Waals surface area contributed by atoms with Crippen molar-refractivity contribution < 1.29 is 22.7 Å². The number of pyridine rings is 1. The molecule has 1 aromatic carbocycles. The summed E-state index contributed by atoms with van der Waals surface area (Å²) in [5.74, 6) is 1.02. The number of hydrogen-bond acceptors (Lipinski definition) is 3. The predicted molar refractivity (Wildman–Crippen MR) is 120 cm³/mol. The third kappa shape index (κ3) is 4.23. The number of halogens is 3. The van der Waals surface area contributed by atoms with Crippen LogP contribution >= 0.6 is 0 Å². The molecule has 6 heteroatoms. The van der Waals surface area contributed by atoms with E-state index in [4.69, 9.17) is 4.74 Å². The first-order chi connectivity index (χ1) is 15.8. The number of esters is 1. The van der Waals surface area contributed by atoms with Crippen LogP contribution in [-0.4, -0.2) is 17.1 Å². The first kappa shape index (κ1) is 21.9. The summed E-state index contributed by atoms with van der Waals surface area (Å²) < 4.78 is 44.6. The molecule has 33 heavy (non-hydrogen) atoms. The van der Waals surface area contributed by atoms with Crippen molar-refractivity contribution in [3.63, 3.8) is 0 Å². The number of aromatic nitrogens is 1. The Hall–Kier alpha value is -2.89. The largest absolute Gasteiger partial charge is 0.455 e. The Bertz CT molecular complexity index is 1120. The molecular weight excluding hydrogens is 427 g/mol. The molecule has 3 nitrogen and oxygen atoms in total. The molecule has 0 radical (unpaired) electrons. The third-order valence-electron chi connectivity index (χ3n) is 7.36. The molecule has 4 atom stereocenters. The lowest BCUT2D eigenvalue weighted by molar-refractivity contribution is -0.139. The van der Waals surface area contributed by atoms with Gasteiger partial charge in [-0.3, -0.25) is 4.98 Å². The van der Waals surface area contributed by atoms with Gasteiger partial charge in [0, 0.05) is 23.3 Å². The smallest absolute Gasteiger partial charge is 0.416 e.